The van der Waals surface area contributed by atoms with Gasteiger partial charge in [0.15, 0.2) is 0 Å². The van der Waals surface area contributed by atoms with E-state index in [1.807, 2.05) is 13.8 Å². The first-order valence-electron chi connectivity index (χ1n) is 6.09. The van der Waals surface area contributed by atoms with Crippen molar-refractivity contribution in [3.63, 3.8) is 0 Å². The van der Waals surface area contributed by atoms with Crippen molar-refractivity contribution in [2.45, 2.75) is 46.5 Å². The lowest BCUT2D eigenvalue weighted by atomic mass is 9.72. The quantitative estimate of drug-likeness (QED) is 0.446. The first kappa shape index (κ1) is 14.8. The van der Waals surface area contributed by atoms with Gasteiger partial charge in [0.2, 0.25) is 0 Å². The Bertz CT molecular complexity index is 314. The molecule has 0 N–H and O–H groups in total. The van der Waals surface area contributed by atoms with E-state index in [4.69, 9.17) is 12.2 Å². The van der Waals surface area contributed by atoms with Gasteiger partial charge >= 0.3 is 0 Å². The molecule has 0 aliphatic heterocycles. The fourth-order valence-corrected chi connectivity index (χ4v) is 3.63. The van der Waals surface area contributed by atoms with Gasteiger partial charge < -0.3 is 0 Å². The van der Waals surface area contributed by atoms with Gasteiger partial charge in [0.25, 0.3) is 0 Å². The number of unbranched alkanes of at least 4 members (excludes halogenated alkanes) is 1. The van der Waals surface area contributed by atoms with Crippen LogP contribution in [-0.2, 0) is 9.59 Å². The minimum absolute atomic E-state index is 0.0141. The lowest BCUT2D eigenvalue weighted by Crippen LogP contribution is -2.40. The molecule has 0 bridgehead atoms. The van der Waals surface area contributed by atoms with Crippen LogP contribution in [0.5, 0.6) is 0 Å². The molecule has 0 radical (unpaired) electrons. The summed E-state index contributed by atoms with van der Waals surface area (Å²) < 4.78 is 0.587. The van der Waals surface area contributed by atoms with Gasteiger partial charge in [-0.05, 0) is 17.6 Å². The third-order valence-electron chi connectivity index (χ3n) is 2.93. The molecule has 1 rings (SSSR count). The van der Waals surface area contributed by atoms with Crippen LogP contribution in [0.2, 0.25) is 0 Å². The number of hydrogen-bond acceptors (Lipinski definition) is 4. The Kier molecular flexibility index (Phi) is 5.32. The van der Waals surface area contributed by atoms with Crippen LogP contribution >= 0.6 is 24.0 Å². The van der Waals surface area contributed by atoms with Crippen LogP contribution in [0.4, 0.5) is 0 Å². The molecule has 17 heavy (non-hydrogen) atoms. The average molecular weight is 272 g/mol. The fraction of sp³-hybridized carbons (Fsp3) is 0.769. The van der Waals surface area contributed by atoms with Gasteiger partial charge in [0.1, 0.15) is 17.5 Å². The Morgan fingerprint density at radius 3 is 2.35 bits per heavy atom. The van der Waals surface area contributed by atoms with Gasteiger partial charge in [0, 0.05) is 12.8 Å². The van der Waals surface area contributed by atoms with E-state index in [-0.39, 0.29) is 17.0 Å². The number of carbonyl (C=O) groups excluding carboxylic acids is 2. The third kappa shape index (κ3) is 4.18. The van der Waals surface area contributed by atoms with Crippen LogP contribution in [0.1, 0.15) is 46.5 Å². The van der Waals surface area contributed by atoms with Gasteiger partial charge in [-0.2, -0.15) is 0 Å². The van der Waals surface area contributed by atoms with E-state index < -0.39 is 5.92 Å². The Labute approximate surface area is 113 Å². The SMILES string of the molecule is CCCCSC(=S)C1C(=O)CC(C)(C)CC1=O. The summed E-state index contributed by atoms with van der Waals surface area (Å²) in [5.41, 5.74) is -0.186. The molecule has 0 amide bonds. The first-order valence-corrected chi connectivity index (χ1v) is 7.49. The zero-order valence-corrected chi connectivity index (χ0v) is 12.4. The number of hydrogen-bond donors (Lipinski definition) is 0. The molecule has 0 aromatic rings. The molecule has 1 aliphatic carbocycles. The highest BCUT2D eigenvalue weighted by molar-refractivity contribution is 8.23. The first-order chi connectivity index (χ1) is 7.87. The van der Waals surface area contributed by atoms with Crippen molar-refractivity contribution in [1.29, 1.82) is 0 Å². The smallest absolute Gasteiger partial charge is 0.149 e. The largest absolute Gasteiger partial charge is 0.298 e. The van der Waals surface area contributed by atoms with Gasteiger partial charge in [-0.3, -0.25) is 9.59 Å². The molecule has 1 aliphatic rings. The summed E-state index contributed by atoms with van der Waals surface area (Å²) in [7, 11) is 0. The van der Waals surface area contributed by atoms with E-state index in [1.165, 1.54) is 11.8 Å². The zero-order valence-electron chi connectivity index (χ0n) is 10.7. The molecule has 0 aromatic carbocycles. The van der Waals surface area contributed by atoms with E-state index in [0.29, 0.717) is 17.0 Å². The van der Waals surface area contributed by atoms with Gasteiger partial charge in [-0.1, -0.05) is 39.4 Å². The van der Waals surface area contributed by atoms with Crippen LogP contribution in [0, 0.1) is 11.3 Å². The van der Waals surface area contributed by atoms with Gasteiger partial charge in [-0.25, -0.2) is 0 Å². The normalized spacial score (nSPS) is 20.6. The van der Waals surface area contributed by atoms with Crippen LogP contribution in [0.25, 0.3) is 0 Å². The second kappa shape index (κ2) is 6.10. The number of rotatable bonds is 4. The summed E-state index contributed by atoms with van der Waals surface area (Å²) in [6, 6.07) is 0. The molecular formula is C13H20O2S2. The molecule has 0 saturated heterocycles. The highest BCUT2D eigenvalue weighted by Crippen LogP contribution is 2.36. The van der Waals surface area contributed by atoms with Crippen LogP contribution < -0.4 is 0 Å². The Morgan fingerprint density at radius 1 is 1.35 bits per heavy atom. The Balaban J connectivity index is 2.62. The molecule has 96 valence electrons. The maximum Gasteiger partial charge on any atom is 0.149 e. The molecule has 2 nitrogen and oxygen atoms in total. The molecule has 4 heteroatoms. The number of thioether (sulfide) groups is 1. The van der Waals surface area contributed by atoms with Crippen LogP contribution in [-0.4, -0.2) is 21.5 Å². The lowest BCUT2D eigenvalue weighted by Gasteiger charge is -2.32. The van der Waals surface area contributed by atoms with Crippen molar-refractivity contribution in [2.75, 3.05) is 5.75 Å². The minimum Gasteiger partial charge on any atom is -0.298 e. The minimum atomic E-state index is -0.611. The van der Waals surface area contributed by atoms with Crippen LogP contribution in [0.3, 0.4) is 0 Å². The van der Waals surface area contributed by atoms with Gasteiger partial charge in [-0.15, -0.1) is 11.8 Å². The van der Waals surface area contributed by atoms with E-state index in [1.54, 1.807) is 0 Å². The highest BCUT2D eigenvalue weighted by atomic mass is 32.2. The maximum atomic E-state index is 12.0. The van der Waals surface area contributed by atoms with Crippen molar-refractivity contribution in [2.24, 2.45) is 11.3 Å². The molecule has 0 heterocycles. The molecule has 0 spiro atoms. The number of thiocarbonyl (C=S) groups is 1. The summed E-state index contributed by atoms with van der Waals surface area (Å²) >= 11 is 6.74. The second-order valence-electron chi connectivity index (χ2n) is 5.40. The van der Waals surface area contributed by atoms with E-state index in [0.717, 1.165) is 18.6 Å². The van der Waals surface area contributed by atoms with Crippen molar-refractivity contribution < 1.29 is 9.59 Å². The average Bonchev–Trinajstić information content (AvgIpc) is 2.14. The van der Waals surface area contributed by atoms with E-state index >= 15 is 0 Å². The Hall–Kier alpha value is -0.220. The monoisotopic (exact) mass is 272 g/mol. The predicted molar refractivity (Wildman–Crippen MR) is 76.5 cm³/mol. The predicted octanol–water partition coefficient (Wildman–Crippen LogP) is 3.42. The summed E-state index contributed by atoms with van der Waals surface area (Å²) in [5.74, 6) is 0.330. The second-order valence-corrected chi connectivity index (χ2v) is 7.24. The van der Waals surface area contributed by atoms with E-state index in [2.05, 4.69) is 6.92 Å². The Morgan fingerprint density at radius 2 is 1.88 bits per heavy atom. The third-order valence-corrected chi connectivity index (χ3v) is 4.53. The summed E-state index contributed by atoms with van der Waals surface area (Å²) in [6.45, 7) is 6.04. The number of Topliss-reactive ketones (excluding diaryl/α,β-unsaturated/α-hetero) is 2. The van der Waals surface area contributed by atoms with Crippen molar-refractivity contribution >= 4 is 39.7 Å². The molecule has 1 fully saturated rings. The summed E-state index contributed by atoms with van der Waals surface area (Å²) in [5, 5.41) is 0. The number of carbonyl (C=O) groups is 2. The lowest BCUT2D eigenvalue weighted by molar-refractivity contribution is -0.136. The molecular weight excluding hydrogens is 252 g/mol. The molecule has 1 saturated carbocycles. The highest BCUT2D eigenvalue weighted by Gasteiger charge is 2.41. The molecule has 0 atom stereocenters. The summed E-state index contributed by atoms with van der Waals surface area (Å²) in [4.78, 5) is 23.9. The van der Waals surface area contributed by atoms with Crippen molar-refractivity contribution in [3.05, 3.63) is 0 Å². The summed E-state index contributed by atoms with van der Waals surface area (Å²) in [6.07, 6.45) is 3.12. The van der Waals surface area contributed by atoms with Crippen LogP contribution in [0.15, 0.2) is 0 Å². The van der Waals surface area contributed by atoms with Gasteiger partial charge in [0.05, 0.1) is 4.20 Å². The van der Waals surface area contributed by atoms with Crippen molar-refractivity contribution in [1.82, 2.24) is 0 Å². The molecule has 0 aromatic heterocycles. The van der Waals surface area contributed by atoms with E-state index in [9.17, 15) is 9.59 Å². The maximum absolute atomic E-state index is 12.0. The number of ketones is 2. The fourth-order valence-electron chi connectivity index (χ4n) is 2.05. The molecule has 0 unspecified atom stereocenters. The van der Waals surface area contributed by atoms with Crippen molar-refractivity contribution in [3.8, 4) is 0 Å². The zero-order chi connectivity index (χ0) is 13.1. The standard InChI is InChI=1S/C13H20O2S2/c1-4-5-6-17-12(16)11-9(14)7-13(2,3)8-10(11)15/h11H,4-8H2,1-3H3. The topological polar surface area (TPSA) is 34.1 Å².